The molecule has 27 heavy (non-hydrogen) atoms. The second-order valence-electron chi connectivity index (χ2n) is 5.92. The van der Waals surface area contributed by atoms with Gasteiger partial charge in [0.25, 0.3) is 5.91 Å². The lowest BCUT2D eigenvalue weighted by molar-refractivity contribution is 0.102. The van der Waals surface area contributed by atoms with E-state index in [0.29, 0.717) is 41.7 Å². The van der Waals surface area contributed by atoms with Crippen LogP contribution in [0.25, 0.3) is 0 Å². The van der Waals surface area contributed by atoms with E-state index in [9.17, 15) is 9.59 Å². The fourth-order valence-electron chi connectivity index (χ4n) is 2.75. The first-order valence-corrected chi connectivity index (χ1v) is 10.7. The van der Waals surface area contributed by atoms with E-state index in [0.717, 1.165) is 11.3 Å². The Balaban J connectivity index is 2.30. The third-order valence-corrected chi connectivity index (χ3v) is 4.97. The van der Waals surface area contributed by atoms with Crippen molar-refractivity contribution in [3.05, 3.63) is 59.2 Å². The fraction of sp³-hybridized carbons (Fsp3) is 0.300. The average molecular weight is 472 g/mol. The van der Waals surface area contributed by atoms with Crippen LogP contribution in [0.4, 0.5) is 11.4 Å². The monoisotopic (exact) mass is 470 g/mol. The summed E-state index contributed by atoms with van der Waals surface area (Å²) in [5, 5.41) is 3.04. The second kappa shape index (κ2) is 10.7. The van der Waals surface area contributed by atoms with Gasteiger partial charge in [0.1, 0.15) is 0 Å². The first kappa shape index (κ1) is 21.7. The SMILES string of the molecule is Cc1ccc(C(=O)Nc2ccccc2C(=O)CBr)cc1N(CCCl)CCCl. The molecular formula is C20H21BrCl2N2O2. The van der Waals surface area contributed by atoms with Crippen LogP contribution in [0.2, 0.25) is 0 Å². The number of rotatable bonds is 9. The number of alkyl halides is 3. The van der Waals surface area contributed by atoms with Gasteiger partial charge < -0.3 is 10.2 Å². The number of anilines is 2. The normalized spacial score (nSPS) is 10.5. The fourth-order valence-corrected chi connectivity index (χ4v) is 3.46. The van der Waals surface area contributed by atoms with Crippen molar-refractivity contribution < 1.29 is 9.59 Å². The lowest BCUT2D eigenvalue weighted by Gasteiger charge is -2.25. The number of hydrogen-bond donors (Lipinski definition) is 1. The molecule has 0 fully saturated rings. The highest BCUT2D eigenvalue weighted by molar-refractivity contribution is 9.09. The van der Waals surface area contributed by atoms with Gasteiger partial charge in [-0.2, -0.15) is 0 Å². The minimum absolute atomic E-state index is 0.0918. The second-order valence-corrected chi connectivity index (χ2v) is 7.24. The number of benzene rings is 2. The van der Waals surface area contributed by atoms with Crippen LogP contribution in [0.5, 0.6) is 0 Å². The number of amides is 1. The maximum Gasteiger partial charge on any atom is 0.255 e. The van der Waals surface area contributed by atoms with E-state index in [2.05, 4.69) is 26.1 Å². The Hall–Kier alpha value is -1.56. The highest BCUT2D eigenvalue weighted by atomic mass is 79.9. The quantitative estimate of drug-likeness (QED) is 0.408. The molecule has 1 amide bonds. The molecule has 2 aromatic rings. The molecule has 144 valence electrons. The number of hydrogen-bond acceptors (Lipinski definition) is 3. The molecule has 0 atom stereocenters. The van der Waals surface area contributed by atoms with Gasteiger partial charge in [-0.3, -0.25) is 9.59 Å². The third kappa shape index (κ3) is 5.71. The molecule has 2 aromatic carbocycles. The summed E-state index contributed by atoms with van der Waals surface area (Å²) >= 11 is 15.0. The molecule has 0 spiro atoms. The number of nitrogens with one attached hydrogen (secondary N) is 1. The minimum Gasteiger partial charge on any atom is -0.369 e. The summed E-state index contributed by atoms with van der Waals surface area (Å²) in [6.07, 6.45) is 0. The maximum absolute atomic E-state index is 12.8. The number of Topliss-reactive ketones (excluding diaryl/α,β-unsaturated/α-hetero) is 1. The highest BCUT2D eigenvalue weighted by Gasteiger charge is 2.16. The zero-order chi connectivity index (χ0) is 19.8. The van der Waals surface area contributed by atoms with Crippen LogP contribution < -0.4 is 10.2 Å². The Morgan fingerprint density at radius 2 is 1.74 bits per heavy atom. The highest BCUT2D eigenvalue weighted by Crippen LogP contribution is 2.24. The molecule has 0 radical (unpaired) electrons. The summed E-state index contributed by atoms with van der Waals surface area (Å²) in [7, 11) is 0. The van der Waals surface area contributed by atoms with E-state index in [1.807, 2.05) is 19.1 Å². The van der Waals surface area contributed by atoms with Gasteiger partial charge in [0.15, 0.2) is 5.78 Å². The molecule has 0 aliphatic heterocycles. The molecule has 1 N–H and O–H groups in total. The smallest absolute Gasteiger partial charge is 0.255 e. The molecule has 0 heterocycles. The number of carbonyl (C=O) groups is 2. The summed E-state index contributed by atoms with van der Waals surface area (Å²) in [4.78, 5) is 26.9. The van der Waals surface area contributed by atoms with Crippen LogP contribution in [-0.4, -0.2) is 41.9 Å². The zero-order valence-electron chi connectivity index (χ0n) is 15.0. The lowest BCUT2D eigenvalue weighted by atomic mass is 10.1. The van der Waals surface area contributed by atoms with Crippen LogP contribution >= 0.6 is 39.1 Å². The summed E-state index contributed by atoms with van der Waals surface area (Å²) in [5.74, 6) is 0.567. The first-order valence-electron chi connectivity index (χ1n) is 8.49. The van der Waals surface area contributed by atoms with E-state index >= 15 is 0 Å². The van der Waals surface area contributed by atoms with Crippen LogP contribution in [0.15, 0.2) is 42.5 Å². The Bertz CT molecular complexity index is 808. The first-order chi connectivity index (χ1) is 13.0. The van der Waals surface area contributed by atoms with Crippen molar-refractivity contribution >= 4 is 62.2 Å². The van der Waals surface area contributed by atoms with Gasteiger partial charge in [-0.25, -0.2) is 0 Å². The molecule has 0 saturated carbocycles. The van der Waals surface area contributed by atoms with Gasteiger partial charge in [0.2, 0.25) is 0 Å². The Morgan fingerprint density at radius 3 is 2.37 bits per heavy atom. The standard InChI is InChI=1S/C20H21BrCl2N2O2/c1-14-6-7-15(12-18(14)25(10-8-22)11-9-23)20(27)24-17-5-3-2-4-16(17)19(26)13-21/h2-7,12H,8-11,13H2,1H3,(H,24,27). The van der Waals surface area contributed by atoms with Gasteiger partial charge in [-0.15, -0.1) is 23.2 Å². The van der Waals surface area contributed by atoms with E-state index in [1.165, 1.54) is 0 Å². The number of halogens is 3. The van der Waals surface area contributed by atoms with Gasteiger partial charge in [-0.1, -0.05) is 34.1 Å². The molecule has 2 rings (SSSR count). The molecule has 0 unspecified atom stereocenters. The average Bonchev–Trinajstić information content (AvgIpc) is 2.68. The minimum atomic E-state index is -0.275. The number of para-hydroxylation sites is 1. The van der Waals surface area contributed by atoms with Crippen LogP contribution in [-0.2, 0) is 0 Å². The van der Waals surface area contributed by atoms with Crippen molar-refractivity contribution in [2.24, 2.45) is 0 Å². The molecule has 7 heteroatoms. The van der Waals surface area contributed by atoms with Crippen molar-refractivity contribution in [1.82, 2.24) is 0 Å². The van der Waals surface area contributed by atoms with Crippen LogP contribution in [0.3, 0.4) is 0 Å². The lowest BCUT2D eigenvalue weighted by Crippen LogP contribution is -2.28. The topological polar surface area (TPSA) is 49.4 Å². The number of nitrogens with zero attached hydrogens (tertiary/aromatic N) is 1. The largest absolute Gasteiger partial charge is 0.369 e. The summed E-state index contributed by atoms with van der Waals surface area (Å²) in [6.45, 7) is 3.27. The Labute approximate surface area is 178 Å². The number of carbonyl (C=O) groups excluding carboxylic acids is 2. The maximum atomic E-state index is 12.8. The Morgan fingerprint density at radius 1 is 1.07 bits per heavy atom. The third-order valence-electron chi connectivity index (χ3n) is 4.12. The van der Waals surface area contributed by atoms with Gasteiger partial charge in [0.05, 0.1) is 11.0 Å². The van der Waals surface area contributed by atoms with Gasteiger partial charge >= 0.3 is 0 Å². The molecular weight excluding hydrogens is 451 g/mol. The van der Waals surface area contributed by atoms with Crippen molar-refractivity contribution in [2.45, 2.75) is 6.92 Å². The van der Waals surface area contributed by atoms with E-state index in [-0.39, 0.29) is 17.0 Å². The molecule has 0 bridgehead atoms. The van der Waals surface area contributed by atoms with E-state index < -0.39 is 0 Å². The van der Waals surface area contributed by atoms with Crippen LogP contribution in [0, 0.1) is 6.92 Å². The van der Waals surface area contributed by atoms with E-state index in [1.54, 1.807) is 30.3 Å². The summed E-state index contributed by atoms with van der Waals surface area (Å²) in [6, 6.07) is 12.5. The molecule has 0 aliphatic carbocycles. The Kier molecular flexibility index (Phi) is 8.61. The molecule has 4 nitrogen and oxygen atoms in total. The number of aryl methyl sites for hydroxylation is 1. The van der Waals surface area contributed by atoms with Gasteiger partial charge in [-0.05, 0) is 36.8 Å². The van der Waals surface area contributed by atoms with E-state index in [4.69, 9.17) is 23.2 Å². The predicted octanol–water partition coefficient (Wildman–Crippen LogP) is 5.11. The number of ketones is 1. The van der Waals surface area contributed by atoms with Crippen molar-refractivity contribution in [3.8, 4) is 0 Å². The summed E-state index contributed by atoms with van der Waals surface area (Å²) < 4.78 is 0. The predicted molar refractivity (Wildman–Crippen MR) is 117 cm³/mol. The van der Waals surface area contributed by atoms with Gasteiger partial charge in [0, 0.05) is 41.7 Å². The van der Waals surface area contributed by atoms with Crippen molar-refractivity contribution in [3.63, 3.8) is 0 Å². The van der Waals surface area contributed by atoms with Crippen molar-refractivity contribution in [1.29, 1.82) is 0 Å². The molecule has 0 aromatic heterocycles. The molecule has 0 aliphatic rings. The molecule has 0 saturated heterocycles. The van der Waals surface area contributed by atoms with Crippen LogP contribution in [0.1, 0.15) is 26.3 Å². The zero-order valence-corrected chi connectivity index (χ0v) is 18.1. The summed E-state index contributed by atoms with van der Waals surface area (Å²) in [5.41, 5.74) is 3.43. The van der Waals surface area contributed by atoms with Crippen molar-refractivity contribution in [2.75, 3.05) is 40.4 Å².